The molecular weight excluding hydrogens is 256 g/mol. The number of nitrogens with one attached hydrogen (secondary N) is 1. The molecule has 0 aliphatic carbocycles. The first-order chi connectivity index (χ1) is 9.69. The second-order valence-electron chi connectivity index (χ2n) is 4.05. The van der Waals surface area contributed by atoms with Gasteiger partial charge in [0.05, 0.1) is 24.3 Å². The second kappa shape index (κ2) is 7.65. The van der Waals surface area contributed by atoms with E-state index in [9.17, 15) is 9.59 Å². The van der Waals surface area contributed by atoms with Crippen LogP contribution < -0.4 is 5.32 Å². The van der Waals surface area contributed by atoms with E-state index in [2.05, 4.69) is 5.32 Å². The predicted molar refractivity (Wildman–Crippen MR) is 79.2 cm³/mol. The fourth-order valence-electron chi connectivity index (χ4n) is 1.99. The lowest BCUT2D eigenvalue weighted by molar-refractivity contribution is 0.0603. The van der Waals surface area contributed by atoms with Crippen LogP contribution in [0.25, 0.3) is 0 Å². The van der Waals surface area contributed by atoms with Crippen molar-refractivity contribution in [2.45, 2.75) is 20.8 Å². The minimum Gasteiger partial charge on any atom is -0.385 e. The summed E-state index contributed by atoms with van der Waals surface area (Å²) < 4.78 is 4.90. The van der Waals surface area contributed by atoms with Gasteiger partial charge < -0.3 is 10.1 Å². The molecule has 1 aromatic rings. The number of anilines is 1. The van der Waals surface area contributed by atoms with E-state index in [1.807, 2.05) is 26.8 Å². The highest BCUT2D eigenvalue weighted by atomic mass is 16.5. The molecule has 2 rings (SSSR count). The Labute approximate surface area is 119 Å². The number of ether oxygens (including phenoxy) is 1. The molecule has 0 saturated carbocycles. The molecule has 0 radical (unpaired) electrons. The van der Waals surface area contributed by atoms with Gasteiger partial charge >= 0.3 is 0 Å². The van der Waals surface area contributed by atoms with E-state index in [0.717, 1.165) is 12.2 Å². The quantitative estimate of drug-likeness (QED) is 0.840. The van der Waals surface area contributed by atoms with Crippen molar-refractivity contribution < 1.29 is 14.3 Å². The first kappa shape index (κ1) is 16.2. The summed E-state index contributed by atoms with van der Waals surface area (Å²) in [7, 11) is 1.54. The molecule has 0 atom stereocenters. The van der Waals surface area contributed by atoms with E-state index in [1.165, 1.54) is 4.90 Å². The van der Waals surface area contributed by atoms with Crippen LogP contribution in [0.2, 0.25) is 0 Å². The fraction of sp³-hybridized carbons (Fsp3) is 0.467. The standard InChI is InChI=1S/C13H16N2O3.C2H6/c1-3-14-9-4-5-10-11(8-9)13(17)15(12(10)16)6-7-18-2;1-2/h4-5,8,14H,3,6-7H2,1-2H3;1-2H3. The van der Waals surface area contributed by atoms with Gasteiger partial charge in [-0.3, -0.25) is 14.5 Å². The minimum atomic E-state index is -0.244. The van der Waals surface area contributed by atoms with E-state index in [-0.39, 0.29) is 11.8 Å². The van der Waals surface area contributed by atoms with Gasteiger partial charge in [0, 0.05) is 19.3 Å². The fourth-order valence-corrected chi connectivity index (χ4v) is 1.99. The van der Waals surface area contributed by atoms with Gasteiger partial charge in [-0.15, -0.1) is 0 Å². The molecule has 1 aliphatic heterocycles. The summed E-state index contributed by atoms with van der Waals surface area (Å²) in [5, 5.41) is 3.12. The maximum Gasteiger partial charge on any atom is 0.261 e. The first-order valence-corrected chi connectivity index (χ1v) is 6.92. The van der Waals surface area contributed by atoms with Crippen molar-refractivity contribution >= 4 is 17.5 Å². The Bertz CT molecular complexity index is 486. The molecule has 2 amide bonds. The van der Waals surface area contributed by atoms with Crippen molar-refractivity contribution in [2.24, 2.45) is 0 Å². The molecule has 5 heteroatoms. The lowest BCUT2D eigenvalue weighted by Crippen LogP contribution is -2.32. The largest absolute Gasteiger partial charge is 0.385 e. The number of rotatable bonds is 5. The summed E-state index contributed by atoms with van der Waals surface area (Å²) in [5.41, 5.74) is 1.79. The van der Waals surface area contributed by atoms with E-state index in [0.29, 0.717) is 24.3 Å². The van der Waals surface area contributed by atoms with Crippen molar-refractivity contribution in [3.63, 3.8) is 0 Å². The third kappa shape index (κ3) is 3.17. The normalized spacial score (nSPS) is 12.9. The Morgan fingerprint density at radius 1 is 1.15 bits per heavy atom. The zero-order valence-electron chi connectivity index (χ0n) is 12.5. The lowest BCUT2D eigenvalue weighted by Gasteiger charge is -2.12. The monoisotopic (exact) mass is 278 g/mol. The summed E-state index contributed by atoms with van der Waals surface area (Å²) >= 11 is 0. The maximum absolute atomic E-state index is 12.1. The van der Waals surface area contributed by atoms with Crippen LogP contribution >= 0.6 is 0 Å². The summed E-state index contributed by atoms with van der Waals surface area (Å²) in [6.45, 7) is 7.39. The lowest BCUT2D eigenvalue weighted by atomic mass is 10.1. The van der Waals surface area contributed by atoms with Crippen LogP contribution in [0.4, 0.5) is 5.69 Å². The molecule has 1 aliphatic rings. The molecule has 0 saturated heterocycles. The molecule has 0 unspecified atom stereocenters. The average Bonchev–Trinajstić information content (AvgIpc) is 2.71. The van der Waals surface area contributed by atoms with Gasteiger partial charge in [-0.05, 0) is 25.1 Å². The molecule has 5 nitrogen and oxygen atoms in total. The Morgan fingerprint density at radius 3 is 2.40 bits per heavy atom. The molecule has 1 N–H and O–H groups in total. The number of hydrogen-bond acceptors (Lipinski definition) is 4. The van der Waals surface area contributed by atoms with Crippen LogP contribution in [0.15, 0.2) is 18.2 Å². The van der Waals surface area contributed by atoms with Crippen LogP contribution in [0.1, 0.15) is 41.5 Å². The van der Waals surface area contributed by atoms with Crippen LogP contribution in [-0.2, 0) is 4.74 Å². The number of fused-ring (bicyclic) bond motifs is 1. The maximum atomic E-state index is 12.1. The van der Waals surface area contributed by atoms with E-state index in [4.69, 9.17) is 4.74 Å². The number of amides is 2. The Kier molecular flexibility index (Phi) is 6.18. The number of benzene rings is 1. The molecular formula is C15H22N2O3. The van der Waals surface area contributed by atoms with Gasteiger partial charge in [0.2, 0.25) is 0 Å². The molecule has 0 bridgehead atoms. The molecule has 0 fully saturated rings. The highest BCUT2D eigenvalue weighted by Crippen LogP contribution is 2.25. The van der Waals surface area contributed by atoms with E-state index in [1.54, 1.807) is 19.2 Å². The third-order valence-corrected chi connectivity index (χ3v) is 2.87. The van der Waals surface area contributed by atoms with Gasteiger partial charge in [-0.1, -0.05) is 13.8 Å². The van der Waals surface area contributed by atoms with Gasteiger partial charge in [-0.2, -0.15) is 0 Å². The Balaban J connectivity index is 0.000000956. The predicted octanol–water partition coefficient (Wildman–Crippen LogP) is 2.39. The summed E-state index contributed by atoms with van der Waals surface area (Å²) in [6.07, 6.45) is 0. The van der Waals surface area contributed by atoms with Crippen molar-refractivity contribution in [3.05, 3.63) is 29.3 Å². The Hall–Kier alpha value is -1.88. The van der Waals surface area contributed by atoms with Crippen molar-refractivity contribution in [2.75, 3.05) is 32.1 Å². The summed E-state index contributed by atoms with van der Waals surface area (Å²) in [6, 6.07) is 5.24. The van der Waals surface area contributed by atoms with E-state index < -0.39 is 0 Å². The second-order valence-corrected chi connectivity index (χ2v) is 4.05. The zero-order chi connectivity index (χ0) is 15.1. The summed E-state index contributed by atoms with van der Waals surface area (Å²) in [4.78, 5) is 25.3. The van der Waals surface area contributed by atoms with Gasteiger partial charge in [-0.25, -0.2) is 0 Å². The minimum absolute atomic E-state index is 0.241. The SMILES string of the molecule is CC.CCNc1ccc2c(c1)C(=O)N(CCOC)C2=O. The van der Waals surface area contributed by atoms with E-state index >= 15 is 0 Å². The number of carbonyl (C=O) groups excluding carboxylic acids is 2. The average molecular weight is 278 g/mol. The van der Waals surface area contributed by atoms with Crippen LogP contribution in [-0.4, -0.2) is 43.5 Å². The number of nitrogens with zero attached hydrogens (tertiary/aromatic N) is 1. The van der Waals surface area contributed by atoms with Gasteiger partial charge in [0.1, 0.15) is 0 Å². The van der Waals surface area contributed by atoms with Gasteiger partial charge in [0.25, 0.3) is 11.8 Å². The third-order valence-electron chi connectivity index (χ3n) is 2.87. The van der Waals surface area contributed by atoms with Gasteiger partial charge in [0.15, 0.2) is 0 Å². The number of methoxy groups -OCH3 is 1. The van der Waals surface area contributed by atoms with Crippen LogP contribution in [0, 0.1) is 0 Å². The molecule has 1 aromatic carbocycles. The molecule has 1 heterocycles. The van der Waals surface area contributed by atoms with Crippen LogP contribution in [0.5, 0.6) is 0 Å². The number of hydrogen-bond donors (Lipinski definition) is 1. The first-order valence-electron chi connectivity index (χ1n) is 6.92. The highest BCUT2D eigenvalue weighted by molar-refractivity contribution is 6.21. The van der Waals surface area contributed by atoms with Crippen molar-refractivity contribution in [1.82, 2.24) is 4.90 Å². The Morgan fingerprint density at radius 2 is 1.80 bits per heavy atom. The van der Waals surface area contributed by atoms with Crippen molar-refractivity contribution in [3.8, 4) is 0 Å². The molecule has 0 spiro atoms. The van der Waals surface area contributed by atoms with Crippen LogP contribution in [0.3, 0.4) is 0 Å². The molecule has 110 valence electrons. The molecule has 20 heavy (non-hydrogen) atoms. The smallest absolute Gasteiger partial charge is 0.261 e. The number of imide groups is 1. The topological polar surface area (TPSA) is 58.6 Å². The summed E-state index contributed by atoms with van der Waals surface area (Å²) in [5.74, 6) is -0.484. The van der Waals surface area contributed by atoms with Crippen molar-refractivity contribution in [1.29, 1.82) is 0 Å². The highest BCUT2D eigenvalue weighted by Gasteiger charge is 2.35. The number of carbonyl (C=O) groups is 2. The zero-order valence-corrected chi connectivity index (χ0v) is 12.5. The molecule has 0 aromatic heterocycles.